The topological polar surface area (TPSA) is 141 Å². The Morgan fingerprint density at radius 3 is 2.58 bits per heavy atom. The molecular formula is C16H14N4O5S. The fraction of sp³-hybridized carbons (Fsp3) is 0.125. The highest BCUT2D eigenvalue weighted by atomic mass is 32.2. The van der Waals surface area contributed by atoms with Gasteiger partial charge in [-0.3, -0.25) is 4.98 Å². The summed E-state index contributed by atoms with van der Waals surface area (Å²) in [5.74, 6) is -0.531. The van der Waals surface area contributed by atoms with Gasteiger partial charge >= 0.3 is 11.4 Å². The van der Waals surface area contributed by atoms with Gasteiger partial charge in [0.05, 0.1) is 21.4 Å². The summed E-state index contributed by atoms with van der Waals surface area (Å²) < 4.78 is 32.3. The monoisotopic (exact) mass is 374 g/mol. The van der Waals surface area contributed by atoms with E-state index in [9.17, 15) is 18.0 Å². The number of H-pyrrole nitrogens is 3. The Balaban J connectivity index is 1.49. The second-order valence-electron chi connectivity index (χ2n) is 5.78. The van der Waals surface area contributed by atoms with E-state index in [0.29, 0.717) is 28.6 Å². The summed E-state index contributed by atoms with van der Waals surface area (Å²) in [6.45, 7) is 0.178. The Hall–Kier alpha value is -3.11. The zero-order valence-electron chi connectivity index (χ0n) is 13.3. The Morgan fingerprint density at radius 1 is 0.923 bits per heavy atom. The molecule has 26 heavy (non-hydrogen) atoms. The molecule has 2 heterocycles. The van der Waals surface area contributed by atoms with Crippen LogP contribution in [0, 0.1) is 0 Å². The van der Waals surface area contributed by atoms with E-state index in [1.165, 1.54) is 18.2 Å². The van der Waals surface area contributed by atoms with Gasteiger partial charge in [0.15, 0.2) is 5.58 Å². The van der Waals surface area contributed by atoms with Gasteiger partial charge < -0.3 is 14.4 Å². The minimum atomic E-state index is -3.71. The molecule has 0 bridgehead atoms. The number of aromatic amines is 3. The molecular weight excluding hydrogens is 360 g/mol. The summed E-state index contributed by atoms with van der Waals surface area (Å²) in [5.41, 5.74) is 2.44. The van der Waals surface area contributed by atoms with E-state index in [2.05, 4.69) is 19.7 Å². The molecule has 0 amide bonds. The number of imidazole rings is 1. The van der Waals surface area contributed by atoms with Crippen LogP contribution in [-0.2, 0) is 16.4 Å². The molecule has 0 saturated heterocycles. The highest BCUT2D eigenvalue weighted by Crippen LogP contribution is 2.15. The molecule has 0 aliphatic carbocycles. The number of hydrogen-bond donors (Lipinski definition) is 4. The van der Waals surface area contributed by atoms with Crippen LogP contribution in [0.2, 0.25) is 0 Å². The van der Waals surface area contributed by atoms with Crippen LogP contribution in [0.25, 0.3) is 22.1 Å². The first kappa shape index (κ1) is 16.4. The molecule has 9 nitrogen and oxygen atoms in total. The summed E-state index contributed by atoms with van der Waals surface area (Å²) in [7, 11) is -3.71. The average Bonchev–Trinajstić information content (AvgIpc) is 3.13. The standard InChI is InChI=1S/C16H14N4O5S/c21-15-18-11-3-2-10(8-12(11)19-15)26(23,24)17-6-5-9-1-4-14-13(7-9)20-16(22)25-14/h1-4,7-8,17H,5-6H2,(H,20,22)(H2,18,19,21). The number of hydrogen-bond acceptors (Lipinski definition) is 5. The SMILES string of the molecule is O=c1[nH]c2ccc(S(=O)(=O)NCCc3ccc4oc(=O)[nH]c4c3)cc2[nH]1. The summed E-state index contributed by atoms with van der Waals surface area (Å²) in [5, 5.41) is 0. The molecule has 134 valence electrons. The number of fused-ring (bicyclic) bond motifs is 2. The molecule has 0 fully saturated rings. The second-order valence-corrected chi connectivity index (χ2v) is 7.55. The van der Waals surface area contributed by atoms with Gasteiger partial charge in [-0.15, -0.1) is 0 Å². The summed E-state index contributed by atoms with van der Waals surface area (Å²) in [4.78, 5) is 30.1. The zero-order valence-corrected chi connectivity index (χ0v) is 14.1. The molecule has 2 aromatic heterocycles. The Kier molecular flexibility index (Phi) is 3.78. The third kappa shape index (κ3) is 3.07. The Morgan fingerprint density at radius 2 is 1.73 bits per heavy atom. The fourth-order valence-corrected chi connectivity index (χ4v) is 3.80. The van der Waals surface area contributed by atoms with Crippen LogP contribution in [-0.4, -0.2) is 29.9 Å². The second kappa shape index (κ2) is 6.00. The number of oxazole rings is 1. The van der Waals surface area contributed by atoms with Gasteiger partial charge in [0, 0.05) is 6.54 Å². The summed E-state index contributed by atoms with van der Waals surface area (Å²) in [6, 6.07) is 9.53. The molecule has 10 heteroatoms. The minimum absolute atomic E-state index is 0.0647. The Labute approximate surface area is 146 Å². The van der Waals surface area contributed by atoms with Crippen LogP contribution in [0.15, 0.2) is 55.3 Å². The third-order valence-electron chi connectivity index (χ3n) is 3.99. The molecule has 2 aromatic carbocycles. The first-order valence-corrected chi connectivity index (χ1v) is 9.22. The molecule has 0 unspecified atom stereocenters. The normalized spacial score (nSPS) is 12.2. The first-order chi connectivity index (χ1) is 12.4. The lowest BCUT2D eigenvalue weighted by atomic mass is 10.1. The van der Waals surface area contributed by atoms with Gasteiger partial charge in [-0.25, -0.2) is 22.7 Å². The van der Waals surface area contributed by atoms with Crippen molar-refractivity contribution in [1.29, 1.82) is 0 Å². The Bertz CT molecular complexity index is 1330. The van der Waals surface area contributed by atoms with Crippen molar-refractivity contribution >= 4 is 32.2 Å². The largest absolute Gasteiger partial charge is 0.417 e. The van der Waals surface area contributed by atoms with E-state index in [1.54, 1.807) is 18.2 Å². The van der Waals surface area contributed by atoms with Crippen molar-refractivity contribution in [2.45, 2.75) is 11.3 Å². The van der Waals surface area contributed by atoms with E-state index < -0.39 is 21.5 Å². The van der Waals surface area contributed by atoms with Crippen molar-refractivity contribution in [3.63, 3.8) is 0 Å². The zero-order chi connectivity index (χ0) is 18.3. The van der Waals surface area contributed by atoms with E-state index in [4.69, 9.17) is 4.42 Å². The van der Waals surface area contributed by atoms with Crippen molar-refractivity contribution < 1.29 is 12.8 Å². The molecule has 0 radical (unpaired) electrons. The predicted molar refractivity (Wildman–Crippen MR) is 94.6 cm³/mol. The van der Waals surface area contributed by atoms with Crippen molar-refractivity contribution in [2.24, 2.45) is 0 Å². The van der Waals surface area contributed by atoms with Crippen LogP contribution < -0.4 is 16.2 Å². The maximum atomic E-state index is 12.4. The van der Waals surface area contributed by atoms with Crippen LogP contribution in [0.4, 0.5) is 0 Å². The van der Waals surface area contributed by atoms with Crippen molar-refractivity contribution in [1.82, 2.24) is 19.7 Å². The smallest absolute Gasteiger partial charge is 0.408 e. The van der Waals surface area contributed by atoms with Crippen LogP contribution >= 0.6 is 0 Å². The number of benzene rings is 2. The number of sulfonamides is 1. The first-order valence-electron chi connectivity index (χ1n) is 7.74. The lowest BCUT2D eigenvalue weighted by molar-refractivity contribution is 0.555. The van der Waals surface area contributed by atoms with Gasteiger partial charge in [-0.1, -0.05) is 6.07 Å². The van der Waals surface area contributed by atoms with Gasteiger partial charge in [-0.05, 0) is 42.3 Å². The van der Waals surface area contributed by atoms with Gasteiger partial charge in [-0.2, -0.15) is 0 Å². The third-order valence-corrected chi connectivity index (χ3v) is 5.45. The van der Waals surface area contributed by atoms with E-state index >= 15 is 0 Å². The van der Waals surface area contributed by atoms with Crippen molar-refractivity contribution in [3.05, 3.63) is 63.0 Å². The summed E-state index contributed by atoms with van der Waals surface area (Å²) in [6.07, 6.45) is 0.436. The maximum Gasteiger partial charge on any atom is 0.417 e. The number of rotatable bonds is 5. The van der Waals surface area contributed by atoms with Gasteiger partial charge in [0.2, 0.25) is 10.0 Å². The quantitative estimate of drug-likeness (QED) is 0.409. The van der Waals surface area contributed by atoms with Gasteiger partial charge in [0.1, 0.15) is 0 Å². The molecule has 0 atom stereocenters. The van der Waals surface area contributed by atoms with Crippen LogP contribution in [0.5, 0.6) is 0 Å². The lowest BCUT2D eigenvalue weighted by Crippen LogP contribution is -2.26. The average molecular weight is 374 g/mol. The molecule has 0 aliphatic rings. The molecule has 0 spiro atoms. The fourth-order valence-electron chi connectivity index (χ4n) is 2.75. The van der Waals surface area contributed by atoms with Crippen LogP contribution in [0.3, 0.4) is 0 Å². The highest BCUT2D eigenvalue weighted by Gasteiger charge is 2.15. The van der Waals surface area contributed by atoms with Crippen LogP contribution in [0.1, 0.15) is 5.56 Å². The van der Waals surface area contributed by atoms with E-state index in [0.717, 1.165) is 5.56 Å². The number of nitrogens with one attached hydrogen (secondary N) is 4. The van der Waals surface area contributed by atoms with E-state index in [-0.39, 0.29) is 11.4 Å². The van der Waals surface area contributed by atoms with E-state index in [1.807, 2.05) is 0 Å². The molecule has 4 N–H and O–H groups in total. The highest BCUT2D eigenvalue weighted by molar-refractivity contribution is 7.89. The molecule has 4 rings (SSSR count). The van der Waals surface area contributed by atoms with Gasteiger partial charge in [0.25, 0.3) is 0 Å². The number of aromatic nitrogens is 3. The predicted octanol–water partition coefficient (Wildman–Crippen LogP) is 0.812. The molecule has 0 aliphatic heterocycles. The van der Waals surface area contributed by atoms with Crippen molar-refractivity contribution in [3.8, 4) is 0 Å². The molecule has 0 saturated carbocycles. The summed E-state index contributed by atoms with van der Waals surface area (Å²) >= 11 is 0. The van der Waals surface area contributed by atoms with Crippen molar-refractivity contribution in [2.75, 3.05) is 6.54 Å². The maximum absolute atomic E-state index is 12.4. The lowest BCUT2D eigenvalue weighted by Gasteiger charge is -2.07. The molecule has 4 aromatic rings. The minimum Gasteiger partial charge on any atom is -0.408 e.